The second kappa shape index (κ2) is 5.14. The number of hydrogen-bond donors (Lipinski definition) is 3. The molecule has 0 radical (unpaired) electrons. The first-order chi connectivity index (χ1) is 10.5. The van der Waals surface area contributed by atoms with Gasteiger partial charge in [-0.3, -0.25) is 4.79 Å². The van der Waals surface area contributed by atoms with Crippen LogP contribution in [-0.2, 0) is 0 Å². The second-order valence-corrected chi connectivity index (χ2v) is 5.21. The maximum atomic E-state index is 12.2. The van der Waals surface area contributed by atoms with E-state index in [9.17, 15) is 9.59 Å². The van der Waals surface area contributed by atoms with Crippen molar-refractivity contribution < 1.29 is 4.79 Å². The fraction of sp³-hybridized carbons (Fsp3) is 0.286. The number of nitrogens with one attached hydrogen (secondary N) is 2. The van der Waals surface area contributed by atoms with E-state index < -0.39 is 11.6 Å². The number of amides is 1. The van der Waals surface area contributed by atoms with Crippen LogP contribution in [0.3, 0.4) is 0 Å². The minimum atomic E-state index is -0.749. The highest BCUT2D eigenvalue weighted by Crippen LogP contribution is 2.23. The molecule has 8 heteroatoms. The summed E-state index contributed by atoms with van der Waals surface area (Å²) in [5.41, 5.74) is 7.22. The number of nitrogens with two attached hydrogens (primary N) is 1. The van der Waals surface area contributed by atoms with Gasteiger partial charge in [-0.15, -0.1) is 10.2 Å². The number of primary amides is 1. The summed E-state index contributed by atoms with van der Waals surface area (Å²) in [6.45, 7) is 4.23. The van der Waals surface area contributed by atoms with Gasteiger partial charge in [0, 0.05) is 0 Å². The molecule has 22 heavy (non-hydrogen) atoms. The lowest BCUT2D eigenvalue weighted by Gasteiger charge is -2.08. The van der Waals surface area contributed by atoms with E-state index in [-0.39, 0.29) is 11.5 Å². The molecular weight excluding hydrogens is 284 g/mol. The van der Waals surface area contributed by atoms with Gasteiger partial charge in [-0.25, -0.2) is 9.36 Å². The predicted molar refractivity (Wildman–Crippen MR) is 81.1 cm³/mol. The number of benzene rings is 1. The zero-order chi connectivity index (χ0) is 15.9. The minimum absolute atomic E-state index is 0.0750. The summed E-state index contributed by atoms with van der Waals surface area (Å²) in [5.74, 6) is -0.259. The fourth-order valence-corrected chi connectivity index (χ4v) is 2.43. The average Bonchev–Trinajstić information content (AvgIpc) is 3.08. The van der Waals surface area contributed by atoms with E-state index in [2.05, 4.69) is 34.2 Å². The number of carbonyl (C=O) groups excluding carboxylic acids is 1. The molecule has 114 valence electrons. The molecule has 1 atom stereocenters. The molecule has 1 aromatic carbocycles. The van der Waals surface area contributed by atoms with Crippen molar-refractivity contribution in [1.82, 2.24) is 25.0 Å². The fourth-order valence-electron chi connectivity index (χ4n) is 2.43. The maximum Gasteiger partial charge on any atom is 0.332 e. The van der Waals surface area contributed by atoms with Gasteiger partial charge < -0.3 is 10.7 Å². The summed E-state index contributed by atoms with van der Waals surface area (Å²) in [6, 6.07) is 5.73. The third-order valence-corrected chi connectivity index (χ3v) is 3.86. The van der Waals surface area contributed by atoms with Crippen molar-refractivity contribution in [3.05, 3.63) is 39.9 Å². The monoisotopic (exact) mass is 300 g/mol. The number of hydrogen-bond acceptors (Lipinski definition) is 4. The molecular formula is C14H16N6O2. The molecule has 0 aliphatic heterocycles. The molecule has 0 spiro atoms. The Balaban J connectivity index is 2.23. The number of imidazole rings is 1. The third-order valence-electron chi connectivity index (χ3n) is 3.86. The summed E-state index contributed by atoms with van der Waals surface area (Å²) in [6.07, 6.45) is 1.01. The van der Waals surface area contributed by atoms with Gasteiger partial charge in [0.1, 0.15) is 0 Å². The zero-order valence-corrected chi connectivity index (χ0v) is 12.3. The lowest BCUT2D eigenvalue weighted by Crippen LogP contribution is -2.20. The van der Waals surface area contributed by atoms with Gasteiger partial charge in [0.2, 0.25) is 0 Å². The molecule has 0 saturated carbocycles. The average molecular weight is 300 g/mol. The Morgan fingerprint density at radius 3 is 2.86 bits per heavy atom. The largest absolute Gasteiger partial charge is 0.364 e. The first-order valence-corrected chi connectivity index (χ1v) is 6.98. The Morgan fingerprint density at radius 2 is 2.18 bits per heavy atom. The first kappa shape index (κ1) is 14.1. The summed E-state index contributed by atoms with van der Waals surface area (Å²) >= 11 is 0. The summed E-state index contributed by atoms with van der Waals surface area (Å²) < 4.78 is 1.29. The molecule has 2 heterocycles. The van der Waals surface area contributed by atoms with Crippen molar-refractivity contribution in [2.45, 2.75) is 26.2 Å². The van der Waals surface area contributed by atoms with Gasteiger partial charge in [-0.05, 0) is 30.0 Å². The first-order valence-electron chi connectivity index (χ1n) is 6.98. The number of aromatic nitrogens is 5. The van der Waals surface area contributed by atoms with E-state index in [1.807, 2.05) is 18.2 Å². The molecule has 4 N–H and O–H groups in total. The van der Waals surface area contributed by atoms with E-state index in [1.165, 1.54) is 4.57 Å². The number of carbonyl (C=O) groups is 1. The van der Waals surface area contributed by atoms with E-state index in [0.717, 1.165) is 12.0 Å². The number of aromatic amines is 2. The van der Waals surface area contributed by atoms with Gasteiger partial charge in [-0.2, -0.15) is 5.21 Å². The van der Waals surface area contributed by atoms with Crippen LogP contribution in [0, 0.1) is 0 Å². The molecule has 8 nitrogen and oxygen atoms in total. The molecule has 0 saturated heterocycles. The Labute approximate surface area is 125 Å². The SMILES string of the molecule is CCC(C)c1ccc2c(c1)[nH]c(=O)n2-c1n[nH]nc1C(N)=O. The highest BCUT2D eigenvalue weighted by Gasteiger charge is 2.20. The van der Waals surface area contributed by atoms with Crippen molar-refractivity contribution >= 4 is 16.9 Å². The van der Waals surface area contributed by atoms with Gasteiger partial charge >= 0.3 is 5.69 Å². The highest BCUT2D eigenvalue weighted by atomic mass is 16.2. The summed E-state index contributed by atoms with van der Waals surface area (Å²) in [5, 5.41) is 9.89. The lowest BCUT2D eigenvalue weighted by molar-refractivity contribution is 0.0995. The maximum absolute atomic E-state index is 12.2. The van der Waals surface area contributed by atoms with Crippen LogP contribution < -0.4 is 11.4 Å². The van der Waals surface area contributed by atoms with Crippen molar-refractivity contribution in [1.29, 1.82) is 0 Å². The summed E-state index contributed by atoms with van der Waals surface area (Å²) in [7, 11) is 0. The van der Waals surface area contributed by atoms with Crippen LogP contribution in [0.25, 0.3) is 16.9 Å². The van der Waals surface area contributed by atoms with E-state index in [1.54, 1.807) is 0 Å². The van der Waals surface area contributed by atoms with Crippen LogP contribution in [0.2, 0.25) is 0 Å². The normalized spacial score (nSPS) is 12.6. The van der Waals surface area contributed by atoms with Crippen LogP contribution in [-0.4, -0.2) is 30.9 Å². The highest BCUT2D eigenvalue weighted by molar-refractivity contribution is 5.94. The second-order valence-electron chi connectivity index (χ2n) is 5.21. The van der Waals surface area contributed by atoms with Crippen LogP contribution >= 0.6 is 0 Å². The van der Waals surface area contributed by atoms with Crippen molar-refractivity contribution in [2.24, 2.45) is 5.73 Å². The smallest absolute Gasteiger partial charge is 0.332 e. The van der Waals surface area contributed by atoms with Crippen molar-refractivity contribution in [3.8, 4) is 5.82 Å². The number of fused-ring (bicyclic) bond motifs is 1. The van der Waals surface area contributed by atoms with E-state index in [0.29, 0.717) is 17.0 Å². The van der Waals surface area contributed by atoms with E-state index in [4.69, 9.17) is 5.73 Å². The van der Waals surface area contributed by atoms with Crippen molar-refractivity contribution in [2.75, 3.05) is 0 Å². The van der Waals surface area contributed by atoms with E-state index >= 15 is 0 Å². The quantitative estimate of drug-likeness (QED) is 0.666. The Bertz CT molecular complexity index is 904. The molecule has 0 aliphatic carbocycles. The Morgan fingerprint density at radius 1 is 1.41 bits per heavy atom. The topological polar surface area (TPSA) is 122 Å². The number of rotatable bonds is 4. The van der Waals surface area contributed by atoms with Gasteiger partial charge in [0.15, 0.2) is 11.5 Å². The van der Waals surface area contributed by atoms with Crippen LogP contribution in [0.1, 0.15) is 42.2 Å². The molecule has 1 unspecified atom stereocenters. The number of H-pyrrole nitrogens is 2. The molecule has 3 aromatic rings. The Hall–Kier alpha value is -2.90. The van der Waals surface area contributed by atoms with Crippen LogP contribution in [0.4, 0.5) is 0 Å². The molecule has 3 rings (SSSR count). The van der Waals surface area contributed by atoms with Crippen LogP contribution in [0.15, 0.2) is 23.0 Å². The minimum Gasteiger partial charge on any atom is -0.364 e. The molecule has 0 aliphatic rings. The lowest BCUT2D eigenvalue weighted by atomic mass is 9.98. The molecule has 2 aromatic heterocycles. The summed E-state index contributed by atoms with van der Waals surface area (Å²) in [4.78, 5) is 26.4. The molecule has 1 amide bonds. The predicted octanol–water partition coefficient (Wildman–Crippen LogP) is 1.05. The Kier molecular flexibility index (Phi) is 3.28. The molecule has 0 fully saturated rings. The number of nitrogens with zero attached hydrogens (tertiary/aromatic N) is 3. The van der Waals surface area contributed by atoms with Crippen LogP contribution in [0.5, 0.6) is 0 Å². The molecule has 0 bridgehead atoms. The van der Waals surface area contributed by atoms with Gasteiger partial charge in [0.05, 0.1) is 11.0 Å². The zero-order valence-electron chi connectivity index (χ0n) is 12.3. The third kappa shape index (κ3) is 2.09. The van der Waals surface area contributed by atoms with Gasteiger partial charge in [-0.1, -0.05) is 19.9 Å². The standard InChI is InChI=1S/C14H16N6O2/c1-3-7(2)8-4-5-10-9(6-8)16-14(22)20(10)13-11(12(15)21)17-19-18-13/h4-7H,3H2,1-2H3,(H2,15,21)(H,16,22)(H,17,18,19). The van der Waals surface area contributed by atoms with Crippen molar-refractivity contribution in [3.63, 3.8) is 0 Å². The van der Waals surface area contributed by atoms with Gasteiger partial charge in [0.25, 0.3) is 5.91 Å².